The van der Waals surface area contributed by atoms with Crippen LogP contribution in [0.25, 0.3) is 6.08 Å². The Morgan fingerprint density at radius 2 is 1.71 bits per heavy atom. The lowest BCUT2D eigenvalue weighted by atomic mass is 9.71. The molecule has 176 valence electrons. The van der Waals surface area contributed by atoms with E-state index in [-0.39, 0.29) is 17.8 Å². The van der Waals surface area contributed by atoms with E-state index < -0.39 is 0 Å². The summed E-state index contributed by atoms with van der Waals surface area (Å²) >= 11 is 0. The van der Waals surface area contributed by atoms with Gasteiger partial charge in [-0.05, 0) is 72.4 Å². The molecule has 0 aromatic heterocycles. The zero-order chi connectivity index (χ0) is 24.2. The van der Waals surface area contributed by atoms with E-state index in [4.69, 9.17) is 4.74 Å². The van der Waals surface area contributed by atoms with Gasteiger partial charge in [0.25, 0.3) is 0 Å². The maximum Gasteiger partial charge on any atom is 0.334 e. The Kier molecular flexibility index (Phi) is 7.36. The van der Waals surface area contributed by atoms with Gasteiger partial charge in [0.05, 0.1) is 6.61 Å². The number of carbonyl (C=O) groups excluding carboxylic acids is 1. The van der Waals surface area contributed by atoms with Gasteiger partial charge in [0.15, 0.2) is 0 Å². The number of fused-ring (bicyclic) bond motifs is 1. The van der Waals surface area contributed by atoms with E-state index >= 15 is 0 Å². The predicted octanol–water partition coefficient (Wildman–Crippen LogP) is 8.15. The lowest BCUT2D eigenvalue weighted by molar-refractivity contribution is -0.139. The number of ether oxygens (including phenoxy) is 1. The van der Waals surface area contributed by atoms with E-state index in [0.29, 0.717) is 12.5 Å². The van der Waals surface area contributed by atoms with Crippen molar-refractivity contribution in [2.75, 3.05) is 6.61 Å². The van der Waals surface area contributed by atoms with Gasteiger partial charge in [-0.15, -0.1) is 0 Å². The fourth-order valence-electron chi connectivity index (χ4n) is 5.68. The van der Waals surface area contributed by atoms with Crippen LogP contribution in [0.1, 0.15) is 75.5 Å². The van der Waals surface area contributed by atoms with Crippen molar-refractivity contribution in [2.24, 2.45) is 5.92 Å². The van der Waals surface area contributed by atoms with E-state index in [1.165, 1.54) is 35.1 Å². The summed E-state index contributed by atoms with van der Waals surface area (Å²) in [5.74, 6) is 0.418. The summed E-state index contributed by atoms with van der Waals surface area (Å²) in [5, 5.41) is 0. The molecule has 2 aromatic carbocycles. The molecule has 0 heterocycles. The standard InChI is InChI=1S/C32H36O2/c1-6-24(7-2)25-16-14-23(15-17-25)19-27-20-28-18-21(4)29(32(33)34-8-3)31(30(28)22(27)5)26-12-10-9-11-13-26/h9-19,24,30-31H,5-8,20H2,1-4H3/b27-19-. The summed E-state index contributed by atoms with van der Waals surface area (Å²) in [4.78, 5) is 13.0. The largest absolute Gasteiger partial charge is 0.463 e. The molecule has 0 radical (unpaired) electrons. The van der Waals surface area contributed by atoms with Crippen molar-refractivity contribution >= 4 is 12.0 Å². The van der Waals surface area contributed by atoms with E-state index in [9.17, 15) is 4.79 Å². The summed E-state index contributed by atoms with van der Waals surface area (Å²) in [6, 6.07) is 19.3. The first-order valence-corrected chi connectivity index (χ1v) is 12.6. The highest BCUT2D eigenvalue weighted by Crippen LogP contribution is 2.53. The van der Waals surface area contributed by atoms with Crippen LogP contribution in [-0.2, 0) is 9.53 Å². The van der Waals surface area contributed by atoms with E-state index in [0.717, 1.165) is 28.7 Å². The molecule has 2 aromatic rings. The predicted molar refractivity (Wildman–Crippen MR) is 142 cm³/mol. The Morgan fingerprint density at radius 3 is 2.32 bits per heavy atom. The molecule has 4 rings (SSSR count). The second-order valence-electron chi connectivity index (χ2n) is 9.45. The molecule has 34 heavy (non-hydrogen) atoms. The molecule has 2 aliphatic rings. The highest BCUT2D eigenvalue weighted by atomic mass is 16.5. The van der Waals surface area contributed by atoms with Crippen LogP contribution >= 0.6 is 0 Å². The first-order valence-electron chi connectivity index (χ1n) is 12.6. The summed E-state index contributed by atoms with van der Waals surface area (Å²) < 4.78 is 5.49. The van der Waals surface area contributed by atoms with Crippen LogP contribution in [0, 0.1) is 5.92 Å². The maximum absolute atomic E-state index is 13.0. The molecule has 0 bridgehead atoms. The maximum atomic E-state index is 13.0. The average molecular weight is 453 g/mol. The monoisotopic (exact) mass is 452 g/mol. The van der Waals surface area contributed by atoms with Crippen molar-refractivity contribution in [1.29, 1.82) is 0 Å². The van der Waals surface area contributed by atoms with Gasteiger partial charge in [-0.2, -0.15) is 0 Å². The molecular weight excluding hydrogens is 416 g/mol. The van der Waals surface area contributed by atoms with E-state index in [1.807, 2.05) is 32.0 Å². The van der Waals surface area contributed by atoms with Crippen LogP contribution in [0.2, 0.25) is 0 Å². The Hall–Kier alpha value is -3.13. The van der Waals surface area contributed by atoms with Gasteiger partial charge >= 0.3 is 5.97 Å². The summed E-state index contributed by atoms with van der Waals surface area (Å²) in [7, 11) is 0. The highest BCUT2D eigenvalue weighted by Gasteiger charge is 2.42. The van der Waals surface area contributed by atoms with Crippen LogP contribution in [-0.4, -0.2) is 12.6 Å². The minimum Gasteiger partial charge on any atom is -0.463 e. The molecule has 2 atom stereocenters. The van der Waals surface area contributed by atoms with Crippen molar-refractivity contribution in [2.45, 2.75) is 58.8 Å². The van der Waals surface area contributed by atoms with Gasteiger partial charge < -0.3 is 4.74 Å². The molecular formula is C32H36O2. The molecule has 2 aliphatic carbocycles. The van der Waals surface area contributed by atoms with Crippen LogP contribution in [0.5, 0.6) is 0 Å². The molecule has 1 saturated carbocycles. The summed E-state index contributed by atoms with van der Waals surface area (Å²) in [6.07, 6.45) is 7.67. The third-order valence-corrected chi connectivity index (χ3v) is 7.44. The zero-order valence-corrected chi connectivity index (χ0v) is 20.9. The third kappa shape index (κ3) is 4.59. The molecule has 0 spiro atoms. The molecule has 2 unspecified atom stereocenters. The lowest BCUT2D eigenvalue weighted by Gasteiger charge is -2.32. The Balaban J connectivity index is 1.70. The number of allylic oxidation sites excluding steroid dienone is 5. The second kappa shape index (κ2) is 10.4. The molecule has 1 fully saturated rings. The van der Waals surface area contributed by atoms with Crippen molar-refractivity contribution in [3.05, 3.63) is 112 Å². The van der Waals surface area contributed by atoms with Crippen LogP contribution in [0.15, 0.2) is 95.1 Å². The molecule has 2 heteroatoms. The Morgan fingerprint density at radius 1 is 1.03 bits per heavy atom. The third-order valence-electron chi connectivity index (χ3n) is 7.44. The van der Waals surface area contributed by atoms with Gasteiger partial charge in [-0.1, -0.05) is 92.7 Å². The average Bonchev–Trinajstić information content (AvgIpc) is 3.15. The smallest absolute Gasteiger partial charge is 0.334 e. The topological polar surface area (TPSA) is 26.3 Å². The van der Waals surface area contributed by atoms with Crippen LogP contribution < -0.4 is 0 Å². The fraction of sp³-hybridized carbons (Fsp3) is 0.344. The van der Waals surface area contributed by atoms with Gasteiger partial charge in [0, 0.05) is 17.4 Å². The van der Waals surface area contributed by atoms with Gasteiger partial charge in [0.1, 0.15) is 0 Å². The Bertz CT molecular complexity index is 1140. The summed E-state index contributed by atoms with van der Waals surface area (Å²) in [6.45, 7) is 13.3. The minimum atomic E-state index is -0.216. The first kappa shape index (κ1) is 24.0. The second-order valence-corrected chi connectivity index (χ2v) is 9.45. The number of hydrogen-bond acceptors (Lipinski definition) is 2. The summed E-state index contributed by atoms with van der Waals surface area (Å²) in [5.41, 5.74) is 9.22. The number of esters is 1. The Labute approximate surface area is 204 Å². The lowest BCUT2D eigenvalue weighted by Crippen LogP contribution is -2.25. The van der Waals surface area contributed by atoms with Crippen molar-refractivity contribution in [1.82, 2.24) is 0 Å². The van der Waals surface area contributed by atoms with Gasteiger partial charge in [-0.3, -0.25) is 0 Å². The zero-order valence-electron chi connectivity index (χ0n) is 20.9. The van der Waals surface area contributed by atoms with Crippen molar-refractivity contribution in [3.8, 4) is 0 Å². The quantitative estimate of drug-likeness (QED) is 0.396. The number of hydrogen-bond donors (Lipinski definition) is 0. The molecule has 0 N–H and O–H groups in total. The number of benzene rings is 2. The normalized spacial score (nSPS) is 21.1. The fourth-order valence-corrected chi connectivity index (χ4v) is 5.68. The highest BCUT2D eigenvalue weighted by molar-refractivity contribution is 5.93. The number of rotatable bonds is 7. The van der Waals surface area contributed by atoms with Crippen LogP contribution in [0.3, 0.4) is 0 Å². The van der Waals surface area contributed by atoms with Crippen molar-refractivity contribution < 1.29 is 9.53 Å². The molecule has 0 aliphatic heterocycles. The minimum absolute atomic E-state index is 0.0732. The molecule has 2 nitrogen and oxygen atoms in total. The molecule has 0 amide bonds. The van der Waals surface area contributed by atoms with Gasteiger partial charge in [0.2, 0.25) is 0 Å². The van der Waals surface area contributed by atoms with Gasteiger partial charge in [-0.25, -0.2) is 4.79 Å². The molecule has 0 saturated heterocycles. The number of carbonyl (C=O) groups is 1. The SMILES string of the molecule is C=C1/C(=C\c2ccc(C(CC)CC)cc2)CC2=CC(C)=C(C(=O)OCC)C(c3ccccc3)C12. The van der Waals surface area contributed by atoms with Crippen molar-refractivity contribution in [3.63, 3.8) is 0 Å². The van der Waals surface area contributed by atoms with Crippen LogP contribution in [0.4, 0.5) is 0 Å². The van der Waals surface area contributed by atoms with E-state index in [2.05, 4.69) is 69.0 Å². The van der Waals surface area contributed by atoms with E-state index in [1.54, 1.807) is 0 Å². The first-order chi connectivity index (χ1) is 16.5.